The van der Waals surface area contributed by atoms with Crippen LogP contribution in [0.3, 0.4) is 0 Å². The summed E-state index contributed by atoms with van der Waals surface area (Å²) in [6.07, 6.45) is 0. The molecule has 0 spiro atoms. The molecule has 19 heteroatoms. The summed E-state index contributed by atoms with van der Waals surface area (Å²) in [7, 11) is 1.64. The molecule has 4 heterocycles. The highest BCUT2D eigenvalue weighted by Gasteiger charge is 2.54. The van der Waals surface area contributed by atoms with Crippen molar-refractivity contribution in [1.82, 2.24) is 45.5 Å². The zero-order chi connectivity index (χ0) is 31.7. The van der Waals surface area contributed by atoms with Gasteiger partial charge < -0.3 is 25.7 Å². The fraction of sp³-hybridized carbons (Fsp3) is 0.400. The number of carbonyl (C=O) groups is 6. The number of carboxylic acid groups (broad SMARTS) is 1. The summed E-state index contributed by atoms with van der Waals surface area (Å²) in [6.45, 7) is 2.04. The first-order chi connectivity index (χ1) is 21.0. The zero-order valence-electron chi connectivity index (χ0n) is 23.4. The molecule has 2 unspecified atom stereocenters. The minimum Gasteiger partial charge on any atom is -0.508 e. The second-order valence-corrected chi connectivity index (χ2v) is 11.9. The maximum Gasteiger partial charge on any atom is 0.352 e. The number of phenolic OH excluding ortho intramolecular Hbond substituents is 1. The first-order valence-electron chi connectivity index (χ1n) is 13.3. The van der Waals surface area contributed by atoms with Gasteiger partial charge in [0.15, 0.2) is 0 Å². The number of hydrogen-bond donors (Lipinski definition) is 4. The third-order valence-corrected chi connectivity index (χ3v) is 9.63. The summed E-state index contributed by atoms with van der Waals surface area (Å²) in [4.78, 5) is 80.1. The first kappa shape index (κ1) is 30.8. The maximum absolute atomic E-state index is 13.6. The number of likely N-dealkylation sites (N-methyl/N-ethyl adjacent to an activating group) is 1. The number of amides is 6. The molecule has 44 heavy (non-hydrogen) atoms. The normalized spacial score (nSPS) is 20.7. The number of tetrazole rings is 1. The molecule has 0 saturated carbocycles. The van der Waals surface area contributed by atoms with E-state index in [1.165, 1.54) is 57.4 Å². The Morgan fingerprint density at radius 3 is 2.50 bits per heavy atom. The maximum atomic E-state index is 13.6. The number of phenols is 1. The summed E-state index contributed by atoms with van der Waals surface area (Å²) < 4.78 is 1.44. The average Bonchev–Trinajstić information content (AvgIpc) is 3.42. The number of urea groups is 1. The number of piperazine rings is 1. The van der Waals surface area contributed by atoms with Gasteiger partial charge in [-0.05, 0) is 40.6 Å². The van der Waals surface area contributed by atoms with E-state index in [2.05, 4.69) is 26.2 Å². The van der Waals surface area contributed by atoms with Crippen molar-refractivity contribution < 1.29 is 39.0 Å². The number of nitrogens with zero attached hydrogens (tertiary/aromatic N) is 7. The number of imide groups is 1. The highest BCUT2D eigenvalue weighted by molar-refractivity contribution is 8.01. The van der Waals surface area contributed by atoms with Crippen LogP contribution in [0.4, 0.5) is 4.79 Å². The van der Waals surface area contributed by atoms with Crippen LogP contribution in [-0.2, 0) is 31.0 Å². The third kappa shape index (κ3) is 5.79. The molecule has 2 aromatic rings. The minimum absolute atomic E-state index is 0.0823. The van der Waals surface area contributed by atoms with Gasteiger partial charge in [0.05, 0.1) is 0 Å². The fourth-order valence-corrected chi connectivity index (χ4v) is 7.20. The number of fused-ring (bicyclic) bond motifs is 1. The van der Waals surface area contributed by atoms with Crippen molar-refractivity contribution >= 4 is 59.2 Å². The number of aliphatic carboxylic acids is 1. The Morgan fingerprint density at radius 2 is 1.86 bits per heavy atom. The molecule has 17 nitrogen and oxygen atoms in total. The molecule has 0 bridgehead atoms. The van der Waals surface area contributed by atoms with Crippen molar-refractivity contribution in [3.8, 4) is 5.75 Å². The van der Waals surface area contributed by atoms with Crippen LogP contribution >= 0.6 is 23.5 Å². The smallest absolute Gasteiger partial charge is 0.352 e. The number of thioether (sulfide) groups is 2. The molecule has 4 N–H and O–H groups in total. The number of rotatable bonds is 9. The van der Waals surface area contributed by atoms with E-state index >= 15 is 0 Å². The number of aryl methyl sites for hydroxylation is 1. The number of aromatic hydroxyl groups is 1. The molecule has 2 saturated heterocycles. The second kappa shape index (κ2) is 12.5. The number of carboxylic acids is 1. The van der Waals surface area contributed by atoms with Gasteiger partial charge in [-0.2, -0.15) is 0 Å². The highest BCUT2D eigenvalue weighted by Crippen LogP contribution is 2.41. The van der Waals surface area contributed by atoms with Crippen LogP contribution in [-0.4, -0.2) is 123 Å². The molecule has 0 radical (unpaired) electrons. The molecular formula is C25H27N9O8S2. The largest absolute Gasteiger partial charge is 0.508 e. The van der Waals surface area contributed by atoms with Gasteiger partial charge in [0.25, 0.3) is 5.91 Å². The standard InChI is InChI=1S/C25H27N9O8S2/c1-3-32-8-9-33(21(39)20(32)38)24(42)27-15(12-4-6-14(35)7-5-12)18(36)26-16-19(37)34-17(23(40)41)13(10-43-22(16)34)11-44-25-28-29-30-31(25)2/h4-7,15-16,22,35H,3,8-11H2,1-2H3,(H,26,36)(H,27,42)(H,40,41)/t15?,16-,22?/m0/s1. The van der Waals surface area contributed by atoms with Gasteiger partial charge in [-0.25, -0.2) is 14.3 Å². The predicted octanol–water partition coefficient (Wildman–Crippen LogP) is -1.11. The molecule has 5 rings (SSSR count). The van der Waals surface area contributed by atoms with Crippen LogP contribution in [0.25, 0.3) is 0 Å². The van der Waals surface area contributed by atoms with Crippen LogP contribution in [0.15, 0.2) is 40.7 Å². The zero-order valence-corrected chi connectivity index (χ0v) is 25.0. The lowest BCUT2D eigenvalue weighted by atomic mass is 10.0. The minimum atomic E-state index is -1.42. The Balaban J connectivity index is 1.31. The van der Waals surface area contributed by atoms with E-state index in [4.69, 9.17) is 0 Å². The quantitative estimate of drug-likeness (QED) is 0.145. The lowest BCUT2D eigenvalue weighted by molar-refractivity contribution is -0.153. The fourth-order valence-electron chi connectivity index (χ4n) is 4.86. The lowest BCUT2D eigenvalue weighted by Crippen LogP contribution is -2.71. The Labute approximate surface area is 258 Å². The molecule has 6 amide bonds. The van der Waals surface area contributed by atoms with Crippen molar-refractivity contribution in [2.75, 3.05) is 31.1 Å². The topological polar surface area (TPSA) is 220 Å². The number of benzene rings is 1. The number of aromatic nitrogens is 4. The summed E-state index contributed by atoms with van der Waals surface area (Å²) in [6, 6.07) is 1.84. The molecule has 1 aromatic heterocycles. The van der Waals surface area contributed by atoms with Gasteiger partial charge in [-0.15, -0.1) is 16.9 Å². The summed E-state index contributed by atoms with van der Waals surface area (Å²) >= 11 is 2.49. The molecule has 232 valence electrons. The Hall–Kier alpha value is -4.65. The number of β-lactam (4-membered cyclic amide) rings is 1. The van der Waals surface area contributed by atoms with Crippen molar-refractivity contribution in [3.63, 3.8) is 0 Å². The van der Waals surface area contributed by atoms with Gasteiger partial charge in [0, 0.05) is 38.2 Å². The number of carbonyl (C=O) groups excluding carboxylic acids is 5. The molecule has 3 aliphatic heterocycles. The van der Waals surface area contributed by atoms with Gasteiger partial charge in [-0.3, -0.25) is 29.0 Å². The monoisotopic (exact) mass is 645 g/mol. The highest BCUT2D eigenvalue weighted by atomic mass is 32.2. The van der Waals surface area contributed by atoms with Crippen molar-refractivity contribution in [2.45, 2.75) is 29.5 Å². The van der Waals surface area contributed by atoms with Crippen LogP contribution in [0.5, 0.6) is 5.75 Å². The summed E-state index contributed by atoms with van der Waals surface area (Å²) in [5.41, 5.74) is 0.536. The average molecular weight is 646 g/mol. The Morgan fingerprint density at radius 1 is 1.14 bits per heavy atom. The van der Waals surface area contributed by atoms with Gasteiger partial charge in [-0.1, -0.05) is 23.9 Å². The number of hydrogen-bond acceptors (Lipinski definition) is 12. The van der Waals surface area contributed by atoms with E-state index in [0.717, 1.165) is 4.90 Å². The molecule has 1 aromatic carbocycles. The van der Waals surface area contributed by atoms with Crippen molar-refractivity contribution in [2.24, 2.45) is 7.05 Å². The van der Waals surface area contributed by atoms with E-state index in [1.807, 2.05) is 0 Å². The van der Waals surface area contributed by atoms with Crippen LogP contribution < -0.4 is 10.6 Å². The molecular weight excluding hydrogens is 618 g/mol. The lowest BCUT2D eigenvalue weighted by Gasteiger charge is -2.49. The van der Waals surface area contributed by atoms with E-state index < -0.39 is 53.1 Å². The van der Waals surface area contributed by atoms with E-state index in [-0.39, 0.29) is 41.6 Å². The first-order valence-corrected chi connectivity index (χ1v) is 15.3. The van der Waals surface area contributed by atoms with E-state index in [9.17, 15) is 39.0 Å². The Bertz CT molecular complexity index is 1560. The summed E-state index contributed by atoms with van der Waals surface area (Å²) in [5.74, 6) is -4.26. The van der Waals surface area contributed by atoms with Crippen LogP contribution in [0.2, 0.25) is 0 Å². The molecule has 0 aliphatic carbocycles. The molecule has 3 atom stereocenters. The molecule has 2 fully saturated rings. The van der Waals surface area contributed by atoms with Crippen LogP contribution in [0, 0.1) is 0 Å². The van der Waals surface area contributed by atoms with Gasteiger partial charge >= 0.3 is 23.8 Å². The number of nitrogens with one attached hydrogen (secondary N) is 2. The Kier molecular flexibility index (Phi) is 8.77. The summed E-state index contributed by atoms with van der Waals surface area (Å²) in [5, 5.41) is 35.6. The predicted molar refractivity (Wildman–Crippen MR) is 153 cm³/mol. The second-order valence-electron chi connectivity index (χ2n) is 9.84. The van der Waals surface area contributed by atoms with Gasteiger partial charge in [0.2, 0.25) is 11.1 Å². The van der Waals surface area contributed by atoms with Crippen molar-refractivity contribution in [3.05, 3.63) is 41.1 Å². The van der Waals surface area contributed by atoms with Crippen LogP contribution in [0.1, 0.15) is 18.5 Å². The van der Waals surface area contributed by atoms with E-state index in [1.54, 1.807) is 14.0 Å². The molecule has 3 aliphatic rings. The van der Waals surface area contributed by atoms with E-state index in [0.29, 0.717) is 22.2 Å². The van der Waals surface area contributed by atoms with Crippen molar-refractivity contribution in [1.29, 1.82) is 0 Å². The SMILES string of the molecule is CCN1CCN(C(=O)NC(C(=O)N[C@H]2C(=O)N3C(C(=O)O)=C(CSc4nnnn4C)CSC23)c2ccc(O)cc2)C(=O)C1=O. The third-order valence-electron chi connectivity index (χ3n) is 7.20. The van der Waals surface area contributed by atoms with Gasteiger partial charge in [0.1, 0.15) is 28.9 Å².